The van der Waals surface area contributed by atoms with Crippen LogP contribution < -0.4 is 0 Å². The summed E-state index contributed by atoms with van der Waals surface area (Å²) in [4.78, 5) is 1.68. The van der Waals surface area contributed by atoms with E-state index in [0.29, 0.717) is 0 Å². The molecule has 66 valence electrons. The monoisotopic (exact) mass is 173 g/mol. The van der Waals surface area contributed by atoms with Crippen LogP contribution in [0, 0.1) is 0 Å². The Kier molecular flexibility index (Phi) is 1.85. The summed E-state index contributed by atoms with van der Waals surface area (Å²) in [6, 6.07) is 7.97. The van der Waals surface area contributed by atoms with Crippen LogP contribution in [0.4, 0.5) is 0 Å². The highest BCUT2D eigenvalue weighted by atomic mass is 15.5. The van der Waals surface area contributed by atoms with Gasteiger partial charge in [-0.2, -0.15) is 15.0 Å². The summed E-state index contributed by atoms with van der Waals surface area (Å²) in [6.45, 7) is 5.71. The molecule has 3 heteroatoms. The predicted molar refractivity (Wildman–Crippen MR) is 52.4 cm³/mol. The van der Waals surface area contributed by atoms with Crippen LogP contribution in [0.3, 0.4) is 0 Å². The number of nitrogens with zero attached hydrogens (tertiary/aromatic N) is 3. The van der Waals surface area contributed by atoms with Gasteiger partial charge >= 0.3 is 0 Å². The Hall–Kier alpha value is -1.64. The summed E-state index contributed by atoms with van der Waals surface area (Å²) in [6.07, 6.45) is 1.82. The van der Waals surface area contributed by atoms with E-state index in [1.807, 2.05) is 37.3 Å². The minimum atomic E-state index is 0.146. The van der Waals surface area contributed by atoms with Crippen LogP contribution in [-0.4, -0.2) is 15.0 Å². The minimum Gasteiger partial charge on any atom is -0.177 e. The van der Waals surface area contributed by atoms with E-state index in [9.17, 15) is 0 Å². The molecule has 1 atom stereocenters. The average molecular weight is 173 g/mol. The average Bonchev–Trinajstić information content (AvgIpc) is 2.59. The van der Waals surface area contributed by atoms with Gasteiger partial charge in [0.25, 0.3) is 0 Å². The van der Waals surface area contributed by atoms with Gasteiger partial charge in [-0.25, -0.2) is 0 Å². The van der Waals surface area contributed by atoms with Crippen LogP contribution >= 0.6 is 0 Å². The third-order valence-corrected chi connectivity index (χ3v) is 2.01. The number of benzene rings is 1. The summed E-state index contributed by atoms with van der Waals surface area (Å²) in [5.41, 5.74) is 1.85. The van der Waals surface area contributed by atoms with Gasteiger partial charge in [0.1, 0.15) is 11.0 Å². The van der Waals surface area contributed by atoms with E-state index in [-0.39, 0.29) is 6.04 Å². The molecule has 0 N–H and O–H groups in total. The van der Waals surface area contributed by atoms with Crippen molar-refractivity contribution in [2.75, 3.05) is 0 Å². The molecule has 0 radical (unpaired) electrons. The largest absolute Gasteiger partial charge is 0.177 e. The molecule has 1 heterocycles. The van der Waals surface area contributed by atoms with E-state index in [4.69, 9.17) is 0 Å². The molecule has 0 bridgehead atoms. The second kappa shape index (κ2) is 3.01. The van der Waals surface area contributed by atoms with Crippen LogP contribution in [0.5, 0.6) is 0 Å². The van der Waals surface area contributed by atoms with E-state index in [2.05, 4.69) is 16.8 Å². The third kappa shape index (κ3) is 1.33. The van der Waals surface area contributed by atoms with E-state index in [0.717, 1.165) is 11.0 Å². The molecule has 1 aromatic heterocycles. The van der Waals surface area contributed by atoms with Gasteiger partial charge in [-0.1, -0.05) is 18.2 Å². The quantitative estimate of drug-likeness (QED) is 0.652. The van der Waals surface area contributed by atoms with Crippen LogP contribution in [0.25, 0.3) is 11.0 Å². The fourth-order valence-corrected chi connectivity index (χ4v) is 1.15. The Morgan fingerprint density at radius 2 is 1.85 bits per heavy atom. The SMILES string of the molecule is C=CC(C)n1nc2ccccc2n1. The Morgan fingerprint density at radius 3 is 2.31 bits per heavy atom. The third-order valence-electron chi connectivity index (χ3n) is 2.01. The summed E-state index contributed by atoms with van der Waals surface area (Å²) < 4.78 is 0. The zero-order valence-corrected chi connectivity index (χ0v) is 7.51. The number of hydrogen-bond acceptors (Lipinski definition) is 2. The normalized spacial score (nSPS) is 13.0. The fraction of sp³-hybridized carbons (Fsp3) is 0.200. The van der Waals surface area contributed by atoms with Crippen molar-refractivity contribution >= 4 is 11.0 Å². The molecule has 0 aliphatic heterocycles. The van der Waals surface area contributed by atoms with Crippen molar-refractivity contribution < 1.29 is 0 Å². The number of rotatable bonds is 2. The van der Waals surface area contributed by atoms with Crippen molar-refractivity contribution in [2.45, 2.75) is 13.0 Å². The Labute approximate surface area is 76.7 Å². The maximum Gasteiger partial charge on any atom is 0.113 e. The van der Waals surface area contributed by atoms with Crippen LogP contribution in [0.15, 0.2) is 36.9 Å². The molecule has 1 unspecified atom stereocenters. The second-order valence-electron chi connectivity index (χ2n) is 2.99. The molecule has 1 aromatic carbocycles. The first-order valence-corrected chi connectivity index (χ1v) is 4.25. The molecule has 0 fully saturated rings. The van der Waals surface area contributed by atoms with E-state index in [1.54, 1.807) is 4.80 Å². The highest BCUT2D eigenvalue weighted by molar-refractivity contribution is 5.72. The summed E-state index contributed by atoms with van der Waals surface area (Å²) in [5.74, 6) is 0. The Bertz CT molecular complexity index is 397. The van der Waals surface area contributed by atoms with Gasteiger partial charge in [0.2, 0.25) is 0 Å². The maximum atomic E-state index is 4.32. The van der Waals surface area contributed by atoms with E-state index in [1.165, 1.54) is 0 Å². The van der Waals surface area contributed by atoms with Crippen molar-refractivity contribution in [3.63, 3.8) is 0 Å². The lowest BCUT2D eigenvalue weighted by molar-refractivity contribution is 0.513. The molecule has 0 saturated carbocycles. The lowest BCUT2D eigenvalue weighted by Crippen LogP contribution is -2.05. The molecule has 2 aromatic rings. The molecule has 2 rings (SSSR count). The van der Waals surface area contributed by atoms with Gasteiger partial charge in [0.05, 0.1) is 6.04 Å². The minimum absolute atomic E-state index is 0.146. The van der Waals surface area contributed by atoms with Crippen molar-refractivity contribution in [1.29, 1.82) is 0 Å². The molecule has 13 heavy (non-hydrogen) atoms. The van der Waals surface area contributed by atoms with Crippen molar-refractivity contribution in [1.82, 2.24) is 15.0 Å². The fourth-order valence-electron chi connectivity index (χ4n) is 1.15. The van der Waals surface area contributed by atoms with Gasteiger partial charge in [-0.3, -0.25) is 0 Å². The van der Waals surface area contributed by atoms with Gasteiger partial charge in [0.15, 0.2) is 0 Å². The second-order valence-corrected chi connectivity index (χ2v) is 2.99. The molecular formula is C10H11N3. The zero-order chi connectivity index (χ0) is 9.26. The Balaban J connectivity index is 2.55. The smallest absolute Gasteiger partial charge is 0.113 e. The van der Waals surface area contributed by atoms with Gasteiger partial charge in [-0.15, -0.1) is 6.58 Å². The topological polar surface area (TPSA) is 30.7 Å². The lowest BCUT2D eigenvalue weighted by Gasteiger charge is -2.01. The number of allylic oxidation sites excluding steroid dienone is 1. The van der Waals surface area contributed by atoms with Crippen LogP contribution in [-0.2, 0) is 0 Å². The molecule has 0 aliphatic carbocycles. The first-order valence-electron chi connectivity index (χ1n) is 4.25. The zero-order valence-electron chi connectivity index (χ0n) is 7.51. The highest BCUT2D eigenvalue weighted by Gasteiger charge is 2.04. The summed E-state index contributed by atoms with van der Waals surface area (Å²) >= 11 is 0. The lowest BCUT2D eigenvalue weighted by atomic mass is 10.3. The van der Waals surface area contributed by atoms with Crippen molar-refractivity contribution in [3.05, 3.63) is 36.9 Å². The number of fused-ring (bicyclic) bond motifs is 1. The predicted octanol–water partition coefficient (Wildman–Crippen LogP) is 2.18. The van der Waals surface area contributed by atoms with E-state index < -0.39 is 0 Å². The van der Waals surface area contributed by atoms with E-state index >= 15 is 0 Å². The Morgan fingerprint density at radius 1 is 1.31 bits per heavy atom. The summed E-state index contributed by atoms with van der Waals surface area (Å²) in [5, 5.41) is 8.64. The first kappa shape index (κ1) is 7.98. The molecular weight excluding hydrogens is 162 g/mol. The standard InChI is InChI=1S/C10H11N3/c1-3-8(2)13-11-9-6-4-5-7-10(9)12-13/h3-8H,1H2,2H3. The van der Waals surface area contributed by atoms with Gasteiger partial charge in [-0.05, 0) is 19.1 Å². The molecule has 3 nitrogen and oxygen atoms in total. The van der Waals surface area contributed by atoms with Gasteiger partial charge < -0.3 is 0 Å². The summed E-state index contributed by atoms with van der Waals surface area (Å²) in [7, 11) is 0. The highest BCUT2D eigenvalue weighted by Crippen LogP contribution is 2.10. The van der Waals surface area contributed by atoms with Crippen molar-refractivity contribution in [2.24, 2.45) is 0 Å². The molecule has 0 saturated heterocycles. The van der Waals surface area contributed by atoms with Crippen molar-refractivity contribution in [3.8, 4) is 0 Å². The van der Waals surface area contributed by atoms with Crippen LogP contribution in [0.2, 0.25) is 0 Å². The van der Waals surface area contributed by atoms with Crippen LogP contribution in [0.1, 0.15) is 13.0 Å². The molecule has 0 amide bonds. The molecule has 0 aliphatic rings. The molecule has 0 spiro atoms. The number of hydrogen-bond donors (Lipinski definition) is 0. The first-order chi connectivity index (χ1) is 6.31. The number of aromatic nitrogens is 3. The maximum absolute atomic E-state index is 4.32. The van der Waals surface area contributed by atoms with Gasteiger partial charge in [0, 0.05) is 0 Å².